The second-order valence-electron chi connectivity index (χ2n) is 22.7. The Morgan fingerprint density at radius 3 is 0.782 bits per heavy atom. The van der Waals surface area contributed by atoms with Crippen molar-refractivity contribution >= 4 is 17.9 Å². The summed E-state index contributed by atoms with van der Waals surface area (Å²) >= 11 is 0. The van der Waals surface area contributed by atoms with Gasteiger partial charge < -0.3 is 14.2 Å². The van der Waals surface area contributed by atoms with Crippen molar-refractivity contribution in [1.82, 2.24) is 0 Å². The zero-order chi connectivity index (χ0) is 56.4. The molecule has 6 nitrogen and oxygen atoms in total. The zero-order valence-electron chi connectivity index (χ0n) is 51.9. The molecule has 0 saturated heterocycles. The molecule has 0 N–H and O–H groups in total. The second kappa shape index (κ2) is 66.4. The van der Waals surface area contributed by atoms with Crippen molar-refractivity contribution in [2.45, 2.75) is 354 Å². The Morgan fingerprint density at radius 1 is 0.269 bits per heavy atom. The van der Waals surface area contributed by atoms with Crippen molar-refractivity contribution in [3.63, 3.8) is 0 Å². The highest BCUT2D eigenvalue weighted by atomic mass is 16.6. The third-order valence-corrected chi connectivity index (χ3v) is 14.9. The monoisotopic (exact) mass is 1090 g/mol. The van der Waals surface area contributed by atoms with Crippen LogP contribution in [0.25, 0.3) is 0 Å². The molecule has 0 aromatic heterocycles. The van der Waals surface area contributed by atoms with Crippen molar-refractivity contribution in [3.05, 3.63) is 72.9 Å². The van der Waals surface area contributed by atoms with Crippen molar-refractivity contribution in [3.8, 4) is 0 Å². The van der Waals surface area contributed by atoms with Gasteiger partial charge >= 0.3 is 17.9 Å². The summed E-state index contributed by atoms with van der Waals surface area (Å²) in [6, 6.07) is 0. The molecule has 0 aliphatic rings. The number of hydrogen-bond donors (Lipinski definition) is 0. The smallest absolute Gasteiger partial charge is 0.306 e. The lowest BCUT2D eigenvalue weighted by Gasteiger charge is -2.18. The molecule has 452 valence electrons. The van der Waals surface area contributed by atoms with E-state index in [2.05, 4.69) is 93.7 Å². The molecule has 0 heterocycles. The average molecular weight is 1090 g/mol. The molecule has 0 saturated carbocycles. The molecule has 78 heavy (non-hydrogen) atoms. The molecule has 1 atom stereocenters. The average Bonchev–Trinajstić information content (AvgIpc) is 3.44. The fourth-order valence-corrected chi connectivity index (χ4v) is 9.88. The topological polar surface area (TPSA) is 78.9 Å². The largest absolute Gasteiger partial charge is 0.462 e. The molecular formula is C72H128O6. The predicted molar refractivity (Wildman–Crippen MR) is 339 cm³/mol. The maximum atomic E-state index is 12.9. The van der Waals surface area contributed by atoms with Crippen LogP contribution in [0.3, 0.4) is 0 Å². The standard InChI is InChI=1S/C72H128O6/c1-4-7-10-13-16-18-20-22-24-26-28-30-32-33-34-35-36-37-38-39-41-42-44-46-48-50-52-54-56-59-62-65-71(74)77-68-69(67-76-70(73)64-61-58-15-12-9-6-3)78-72(75)66-63-60-57-55-53-51-49-47-45-43-40-31-29-27-25-23-21-19-17-14-11-8-5-2/h7,10,16,18,21-24,27-30,69H,4-6,8-9,11-15,17,19-20,25-26,31-68H2,1-3H3/b10-7-,18-16-,23-21-,24-22-,29-27-,30-28-. The van der Waals surface area contributed by atoms with Gasteiger partial charge in [-0.1, -0.05) is 312 Å². The molecule has 0 amide bonds. The Kier molecular flexibility index (Phi) is 63.7. The fourth-order valence-electron chi connectivity index (χ4n) is 9.88. The van der Waals surface area contributed by atoms with Crippen molar-refractivity contribution in [2.24, 2.45) is 0 Å². The van der Waals surface area contributed by atoms with Crippen molar-refractivity contribution in [1.29, 1.82) is 0 Å². The lowest BCUT2D eigenvalue weighted by Crippen LogP contribution is -2.30. The number of unbranched alkanes of at least 4 members (excludes halogenated alkanes) is 39. The second-order valence-corrected chi connectivity index (χ2v) is 22.7. The molecule has 0 spiro atoms. The molecule has 0 bridgehead atoms. The van der Waals surface area contributed by atoms with Crippen LogP contribution in [-0.4, -0.2) is 37.2 Å². The maximum Gasteiger partial charge on any atom is 0.306 e. The third-order valence-electron chi connectivity index (χ3n) is 14.9. The van der Waals surface area contributed by atoms with E-state index in [1.807, 2.05) is 0 Å². The molecule has 0 fully saturated rings. The Morgan fingerprint density at radius 2 is 0.500 bits per heavy atom. The highest BCUT2D eigenvalue weighted by molar-refractivity contribution is 5.71. The van der Waals surface area contributed by atoms with E-state index in [1.165, 1.54) is 218 Å². The van der Waals surface area contributed by atoms with E-state index in [4.69, 9.17) is 14.2 Å². The van der Waals surface area contributed by atoms with E-state index in [0.717, 1.165) is 89.9 Å². The van der Waals surface area contributed by atoms with Gasteiger partial charge in [0.05, 0.1) is 0 Å². The van der Waals surface area contributed by atoms with Crippen LogP contribution in [0.5, 0.6) is 0 Å². The molecule has 0 radical (unpaired) electrons. The lowest BCUT2D eigenvalue weighted by atomic mass is 10.0. The van der Waals surface area contributed by atoms with E-state index < -0.39 is 6.10 Å². The van der Waals surface area contributed by atoms with Crippen LogP contribution in [0, 0.1) is 0 Å². The number of ether oxygens (including phenoxy) is 3. The summed E-state index contributed by atoms with van der Waals surface area (Å²) in [5, 5.41) is 0. The first-order valence-electron chi connectivity index (χ1n) is 33.9. The summed E-state index contributed by atoms with van der Waals surface area (Å²) in [5.41, 5.74) is 0. The van der Waals surface area contributed by atoms with Gasteiger partial charge in [0.15, 0.2) is 6.10 Å². The molecule has 0 aromatic rings. The quantitative estimate of drug-likeness (QED) is 0.0261. The predicted octanol–water partition coefficient (Wildman–Crippen LogP) is 23.3. The van der Waals surface area contributed by atoms with Crippen molar-refractivity contribution in [2.75, 3.05) is 13.2 Å². The van der Waals surface area contributed by atoms with Gasteiger partial charge in [0, 0.05) is 19.3 Å². The van der Waals surface area contributed by atoms with Gasteiger partial charge in [0.1, 0.15) is 13.2 Å². The van der Waals surface area contributed by atoms with Crippen LogP contribution in [0.1, 0.15) is 348 Å². The Labute approximate surface area is 484 Å². The first kappa shape index (κ1) is 74.8. The number of allylic oxidation sites excluding steroid dienone is 12. The highest BCUT2D eigenvalue weighted by Crippen LogP contribution is 2.17. The summed E-state index contributed by atoms with van der Waals surface area (Å²) in [6.07, 6.45) is 86.8. The molecule has 0 aliphatic carbocycles. The van der Waals surface area contributed by atoms with E-state index in [1.54, 1.807) is 0 Å². The molecule has 0 aromatic carbocycles. The van der Waals surface area contributed by atoms with Gasteiger partial charge in [-0.05, 0) is 89.9 Å². The Bertz CT molecular complexity index is 1440. The van der Waals surface area contributed by atoms with E-state index in [-0.39, 0.29) is 31.1 Å². The molecule has 1 unspecified atom stereocenters. The van der Waals surface area contributed by atoms with Gasteiger partial charge in [0.25, 0.3) is 0 Å². The minimum Gasteiger partial charge on any atom is -0.462 e. The number of carbonyl (C=O) groups is 3. The summed E-state index contributed by atoms with van der Waals surface area (Å²) in [5.74, 6) is -0.866. The van der Waals surface area contributed by atoms with E-state index >= 15 is 0 Å². The number of hydrogen-bond acceptors (Lipinski definition) is 6. The van der Waals surface area contributed by atoms with Crippen LogP contribution in [-0.2, 0) is 28.6 Å². The van der Waals surface area contributed by atoms with Gasteiger partial charge in [-0.2, -0.15) is 0 Å². The number of carbonyl (C=O) groups excluding carboxylic acids is 3. The van der Waals surface area contributed by atoms with E-state index in [9.17, 15) is 14.4 Å². The van der Waals surface area contributed by atoms with Gasteiger partial charge in [0.2, 0.25) is 0 Å². The third kappa shape index (κ3) is 63.7. The van der Waals surface area contributed by atoms with Crippen molar-refractivity contribution < 1.29 is 28.6 Å². The molecule has 6 heteroatoms. The number of rotatable bonds is 62. The van der Waals surface area contributed by atoms with Gasteiger partial charge in [-0.25, -0.2) is 0 Å². The highest BCUT2D eigenvalue weighted by Gasteiger charge is 2.19. The molecular weight excluding hydrogens is 961 g/mol. The van der Waals surface area contributed by atoms with Crippen LogP contribution in [0.4, 0.5) is 0 Å². The van der Waals surface area contributed by atoms with Gasteiger partial charge in [-0.15, -0.1) is 0 Å². The minimum atomic E-state index is -0.772. The Balaban J connectivity index is 4.00. The SMILES string of the molecule is CC/C=C\C/C=C\C/C=C\C/C=C\CCCCCCCCCCCCCCCCCCCCC(=O)OCC(COC(=O)CCCCCCCC)OC(=O)CCCCCCCCCCCCC/C=C\C/C=C\CCCCCCC. The molecule has 0 rings (SSSR count). The summed E-state index contributed by atoms with van der Waals surface area (Å²) in [4.78, 5) is 38.1. The maximum absolute atomic E-state index is 12.9. The summed E-state index contributed by atoms with van der Waals surface area (Å²) in [7, 11) is 0. The van der Waals surface area contributed by atoms with E-state index in [0.29, 0.717) is 19.3 Å². The van der Waals surface area contributed by atoms with Crippen LogP contribution >= 0.6 is 0 Å². The fraction of sp³-hybridized carbons (Fsp3) is 0.792. The first-order chi connectivity index (χ1) is 38.5. The first-order valence-corrected chi connectivity index (χ1v) is 33.9. The van der Waals surface area contributed by atoms with Crippen LogP contribution in [0.2, 0.25) is 0 Å². The minimum absolute atomic E-state index is 0.0717. The van der Waals surface area contributed by atoms with Crippen LogP contribution in [0.15, 0.2) is 72.9 Å². The van der Waals surface area contributed by atoms with Crippen LogP contribution < -0.4 is 0 Å². The zero-order valence-corrected chi connectivity index (χ0v) is 51.9. The number of esters is 3. The normalized spacial score (nSPS) is 12.5. The Hall–Kier alpha value is -3.15. The van der Waals surface area contributed by atoms with Gasteiger partial charge in [-0.3, -0.25) is 14.4 Å². The summed E-state index contributed by atoms with van der Waals surface area (Å²) < 4.78 is 16.8. The molecule has 0 aliphatic heterocycles. The lowest BCUT2D eigenvalue weighted by molar-refractivity contribution is -0.167. The summed E-state index contributed by atoms with van der Waals surface area (Å²) in [6.45, 7) is 6.50.